The van der Waals surface area contributed by atoms with Gasteiger partial charge in [0.25, 0.3) is 5.91 Å². The second-order valence-electron chi connectivity index (χ2n) is 6.07. The molecule has 0 aliphatic rings. The average molecular weight is 414 g/mol. The molecule has 0 saturated carbocycles. The first-order chi connectivity index (χ1) is 13.6. The molecular formula is C19H16ClN5O2S. The third-order valence-corrected chi connectivity index (χ3v) is 5.88. The minimum Gasteiger partial charge on any atom is -0.354 e. The van der Waals surface area contributed by atoms with Crippen LogP contribution in [0.4, 0.5) is 0 Å². The number of fused-ring (bicyclic) bond motifs is 2. The van der Waals surface area contributed by atoms with Crippen LogP contribution >= 0.6 is 22.9 Å². The van der Waals surface area contributed by atoms with E-state index in [1.54, 1.807) is 0 Å². The Morgan fingerprint density at radius 3 is 2.75 bits per heavy atom. The molecule has 0 radical (unpaired) electrons. The van der Waals surface area contributed by atoms with E-state index < -0.39 is 0 Å². The van der Waals surface area contributed by atoms with Crippen LogP contribution in [-0.4, -0.2) is 39.5 Å². The highest BCUT2D eigenvalue weighted by Gasteiger charge is 2.17. The molecule has 0 aliphatic carbocycles. The van der Waals surface area contributed by atoms with Crippen LogP contribution in [0.15, 0.2) is 48.7 Å². The van der Waals surface area contributed by atoms with E-state index in [2.05, 4.69) is 20.8 Å². The number of benzene rings is 1. The predicted molar refractivity (Wildman–Crippen MR) is 109 cm³/mol. The van der Waals surface area contributed by atoms with Crippen molar-refractivity contribution in [2.45, 2.75) is 6.42 Å². The van der Waals surface area contributed by atoms with Gasteiger partial charge in [0.05, 0.1) is 11.6 Å². The molecule has 3 heterocycles. The molecule has 2 amide bonds. The predicted octanol–water partition coefficient (Wildman–Crippen LogP) is 2.69. The molecule has 0 aliphatic heterocycles. The average Bonchev–Trinajstić information content (AvgIpc) is 3.28. The fourth-order valence-electron chi connectivity index (χ4n) is 2.84. The monoisotopic (exact) mass is 413 g/mol. The van der Waals surface area contributed by atoms with Crippen LogP contribution in [0, 0.1) is 0 Å². The van der Waals surface area contributed by atoms with E-state index in [4.69, 9.17) is 11.6 Å². The van der Waals surface area contributed by atoms with E-state index >= 15 is 0 Å². The number of halogens is 1. The van der Waals surface area contributed by atoms with Crippen molar-refractivity contribution in [3.63, 3.8) is 0 Å². The molecule has 0 fully saturated rings. The lowest BCUT2D eigenvalue weighted by atomic mass is 10.2. The molecule has 7 nitrogen and oxygen atoms in total. The lowest BCUT2D eigenvalue weighted by Crippen LogP contribution is -2.37. The molecule has 0 saturated heterocycles. The van der Waals surface area contributed by atoms with Gasteiger partial charge in [-0.05, 0) is 18.2 Å². The summed E-state index contributed by atoms with van der Waals surface area (Å²) >= 11 is 7.60. The molecule has 0 spiro atoms. The number of pyridine rings is 1. The number of hydrogen-bond acceptors (Lipinski definition) is 5. The number of carbonyl (C=O) groups excluding carboxylic acids is 2. The number of rotatable bonds is 6. The minimum atomic E-state index is -0.357. The Kier molecular flexibility index (Phi) is 5.23. The van der Waals surface area contributed by atoms with Gasteiger partial charge in [0.2, 0.25) is 5.91 Å². The van der Waals surface area contributed by atoms with Crippen molar-refractivity contribution in [2.24, 2.45) is 0 Å². The molecule has 4 rings (SSSR count). The molecule has 0 atom stereocenters. The van der Waals surface area contributed by atoms with E-state index in [0.29, 0.717) is 22.9 Å². The van der Waals surface area contributed by atoms with Crippen LogP contribution in [0.2, 0.25) is 5.02 Å². The smallest absolute Gasteiger partial charge is 0.263 e. The number of hydrogen-bond donors (Lipinski definition) is 2. The first kappa shape index (κ1) is 18.4. The summed E-state index contributed by atoms with van der Waals surface area (Å²) in [6, 6.07) is 13.2. The van der Waals surface area contributed by atoms with Gasteiger partial charge in [-0.2, -0.15) is 0 Å². The number of thiophene rings is 1. The van der Waals surface area contributed by atoms with Crippen molar-refractivity contribution in [1.82, 2.24) is 25.2 Å². The topological polar surface area (TPSA) is 88.4 Å². The lowest BCUT2D eigenvalue weighted by molar-refractivity contribution is -0.120. The Balaban J connectivity index is 1.29. The highest BCUT2D eigenvalue weighted by molar-refractivity contribution is 7.21. The minimum absolute atomic E-state index is 0.121. The molecule has 9 heteroatoms. The normalized spacial score (nSPS) is 11.0. The van der Waals surface area contributed by atoms with Gasteiger partial charge in [-0.3, -0.25) is 14.0 Å². The Labute approximate surface area is 169 Å². The van der Waals surface area contributed by atoms with Crippen LogP contribution in [0.25, 0.3) is 15.7 Å². The zero-order valence-electron chi connectivity index (χ0n) is 14.7. The SMILES string of the molecule is O=C(CNC(=O)c1sc2ccccc2c1Cl)NCCc1nnc2ccccn12. The van der Waals surface area contributed by atoms with Crippen molar-refractivity contribution in [3.05, 3.63) is 64.4 Å². The summed E-state index contributed by atoms with van der Waals surface area (Å²) in [5.41, 5.74) is 0.760. The molecule has 4 aromatic rings. The summed E-state index contributed by atoms with van der Waals surface area (Å²) < 4.78 is 2.81. The quantitative estimate of drug-likeness (QED) is 0.508. The molecule has 142 valence electrons. The summed E-state index contributed by atoms with van der Waals surface area (Å²) in [6.45, 7) is 0.276. The Hall–Kier alpha value is -2.97. The van der Waals surface area contributed by atoms with Crippen LogP contribution in [-0.2, 0) is 11.2 Å². The van der Waals surface area contributed by atoms with Crippen molar-refractivity contribution in [2.75, 3.05) is 13.1 Å². The summed E-state index contributed by atoms with van der Waals surface area (Å²) in [5.74, 6) is 0.126. The van der Waals surface area contributed by atoms with E-state index in [-0.39, 0.29) is 18.4 Å². The fourth-order valence-corrected chi connectivity index (χ4v) is 4.27. The third-order valence-electron chi connectivity index (χ3n) is 4.21. The van der Waals surface area contributed by atoms with Crippen LogP contribution in [0.3, 0.4) is 0 Å². The zero-order valence-corrected chi connectivity index (χ0v) is 16.3. The van der Waals surface area contributed by atoms with Gasteiger partial charge in [0, 0.05) is 29.2 Å². The van der Waals surface area contributed by atoms with Gasteiger partial charge in [-0.25, -0.2) is 0 Å². The molecule has 0 unspecified atom stereocenters. The maximum Gasteiger partial charge on any atom is 0.263 e. The summed E-state index contributed by atoms with van der Waals surface area (Å²) in [4.78, 5) is 24.8. The zero-order chi connectivity index (χ0) is 19.5. The van der Waals surface area contributed by atoms with Gasteiger partial charge >= 0.3 is 0 Å². The van der Waals surface area contributed by atoms with Gasteiger partial charge in [0.1, 0.15) is 10.7 Å². The standard InChI is InChI=1S/C19H16ClN5O2S/c20-17-12-5-1-2-6-13(12)28-18(17)19(27)22-11-16(26)21-9-8-15-24-23-14-7-3-4-10-25(14)15/h1-7,10H,8-9,11H2,(H,21,26)(H,22,27). The van der Waals surface area contributed by atoms with Crippen molar-refractivity contribution in [3.8, 4) is 0 Å². The molecular weight excluding hydrogens is 398 g/mol. The fraction of sp³-hybridized carbons (Fsp3) is 0.158. The third kappa shape index (κ3) is 3.69. The summed E-state index contributed by atoms with van der Waals surface area (Å²) in [6.07, 6.45) is 2.41. The summed E-state index contributed by atoms with van der Waals surface area (Å²) in [7, 11) is 0. The van der Waals surface area contributed by atoms with Crippen molar-refractivity contribution < 1.29 is 9.59 Å². The van der Waals surface area contributed by atoms with Gasteiger partial charge < -0.3 is 10.6 Å². The van der Waals surface area contributed by atoms with Crippen molar-refractivity contribution in [1.29, 1.82) is 0 Å². The maximum absolute atomic E-state index is 12.4. The van der Waals surface area contributed by atoms with E-state index in [1.807, 2.05) is 53.1 Å². The number of nitrogens with zero attached hydrogens (tertiary/aromatic N) is 3. The summed E-state index contributed by atoms with van der Waals surface area (Å²) in [5, 5.41) is 14.8. The lowest BCUT2D eigenvalue weighted by Gasteiger charge is -2.06. The number of carbonyl (C=O) groups is 2. The van der Waals surface area contributed by atoms with Crippen LogP contribution < -0.4 is 10.6 Å². The first-order valence-corrected chi connectivity index (χ1v) is 9.83. The molecule has 3 aromatic heterocycles. The van der Waals surface area contributed by atoms with E-state index in [9.17, 15) is 9.59 Å². The maximum atomic E-state index is 12.4. The number of aromatic nitrogens is 3. The highest BCUT2D eigenvalue weighted by atomic mass is 35.5. The van der Waals surface area contributed by atoms with E-state index in [1.165, 1.54) is 11.3 Å². The van der Waals surface area contributed by atoms with Gasteiger partial charge in [-0.15, -0.1) is 21.5 Å². The second-order valence-corrected chi connectivity index (χ2v) is 7.50. The molecule has 0 bridgehead atoms. The molecule has 1 aromatic carbocycles. The van der Waals surface area contributed by atoms with Crippen LogP contribution in [0.5, 0.6) is 0 Å². The highest BCUT2D eigenvalue weighted by Crippen LogP contribution is 2.34. The number of nitrogens with one attached hydrogen (secondary N) is 2. The largest absolute Gasteiger partial charge is 0.354 e. The van der Waals surface area contributed by atoms with Crippen LogP contribution in [0.1, 0.15) is 15.5 Å². The van der Waals surface area contributed by atoms with Crippen molar-refractivity contribution >= 4 is 50.5 Å². The second kappa shape index (κ2) is 7.95. The van der Waals surface area contributed by atoms with Gasteiger partial charge in [0.15, 0.2) is 5.65 Å². The molecule has 2 N–H and O–H groups in total. The Morgan fingerprint density at radius 2 is 1.89 bits per heavy atom. The Morgan fingerprint density at radius 1 is 1.07 bits per heavy atom. The first-order valence-electron chi connectivity index (χ1n) is 8.64. The molecule has 28 heavy (non-hydrogen) atoms. The Bertz CT molecular complexity index is 1170. The van der Waals surface area contributed by atoms with E-state index in [0.717, 1.165) is 21.6 Å². The van der Waals surface area contributed by atoms with Gasteiger partial charge in [-0.1, -0.05) is 35.9 Å². The number of amides is 2.